The molecule has 336 valence electrons. The molecule has 17 heteroatoms. The smallest absolute Gasteiger partial charge is 0.365 e. The molecule has 0 fully saturated rings. The molecular formula is C47H50N4O12S. The number of ether oxygens (including phenoxy) is 1. The van der Waals surface area contributed by atoms with Crippen LogP contribution in [0.5, 0.6) is 17.2 Å². The number of phenols is 3. The zero-order chi connectivity index (χ0) is 45.6. The third-order valence-electron chi connectivity index (χ3n) is 10.4. The van der Waals surface area contributed by atoms with E-state index >= 15 is 0 Å². The molecule has 16 nitrogen and oxygen atoms in total. The van der Waals surface area contributed by atoms with E-state index in [1.54, 1.807) is 37.3 Å². The molecule has 64 heavy (non-hydrogen) atoms. The second-order valence-electron chi connectivity index (χ2n) is 15.3. The second kappa shape index (κ2) is 22.4. The van der Waals surface area contributed by atoms with Gasteiger partial charge >= 0.3 is 17.9 Å². The number of hydrogen-bond donors (Lipinski definition) is 7. The molecule has 1 unspecified atom stereocenters. The van der Waals surface area contributed by atoms with Crippen molar-refractivity contribution in [3.8, 4) is 39.7 Å². The van der Waals surface area contributed by atoms with Crippen molar-refractivity contribution in [2.45, 2.75) is 77.2 Å². The Labute approximate surface area is 373 Å². The number of aromatic carboxylic acids is 1. The molecule has 0 aromatic heterocycles. The van der Waals surface area contributed by atoms with Crippen molar-refractivity contribution in [2.75, 3.05) is 25.0 Å². The molecule has 3 aromatic rings. The maximum atomic E-state index is 12.8. The monoisotopic (exact) mass is 894 g/mol. The van der Waals surface area contributed by atoms with Crippen LogP contribution in [0, 0.1) is 0 Å². The fourth-order valence-corrected chi connectivity index (χ4v) is 7.51. The number of oxime groups is 1. The molecule has 6 rings (SSSR count). The molecule has 1 aliphatic carbocycles. The van der Waals surface area contributed by atoms with Gasteiger partial charge in [-0.3, -0.25) is 4.79 Å². The molecule has 2 aliphatic heterocycles. The normalized spacial score (nSPS) is 15.7. The van der Waals surface area contributed by atoms with Crippen molar-refractivity contribution in [3.05, 3.63) is 99.7 Å². The number of hydroxylamine groups is 1. The summed E-state index contributed by atoms with van der Waals surface area (Å²) in [5, 5.41) is 51.8. The molecule has 7 N–H and O–H groups in total. The van der Waals surface area contributed by atoms with Crippen LogP contribution in [0.15, 0.2) is 87.2 Å². The van der Waals surface area contributed by atoms with Crippen LogP contribution in [0.25, 0.3) is 39.5 Å². The number of nitrogens with zero attached hydrogens (tertiary/aromatic N) is 1. The van der Waals surface area contributed by atoms with E-state index in [2.05, 4.69) is 21.3 Å². The van der Waals surface area contributed by atoms with Crippen molar-refractivity contribution in [2.24, 2.45) is 5.16 Å². The second-order valence-corrected chi connectivity index (χ2v) is 15.7. The molecule has 0 amide bonds. The summed E-state index contributed by atoms with van der Waals surface area (Å²) in [5.41, 5.74) is 5.78. The molecule has 0 bridgehead atoms. The standard InChI is InChI=1S/C47H50N4O12S/c1-28-10-9-13-30(12-6-4-5-11-29-22-34(54)24-39(55)43(29)46(59)61-28)51-60-27-42(56)63-49-21-8-3-2-7-20-48-47(64)50-31-14-17-35(38(23-31)45(57)58)44-36-18-15-32(52)25-40(36)62-41-26-33(53)16-19-37(41)44/h5,11,14-19,22-26,28,49,52,54-55H,2-4,6-10,12-13,20-21,27H2,1H3,(H,57,58)(H2,48,50,64)/b11-5+,51-30-. The number of hydrogen-bond acceptors (Lipinski definition) is 14. The first-order valence-electron chi connectivity index (χ1n) is 21.0. The number of allylic oxidation sites excluding steroid dienone is 1. The van der Waals surface area contributed by atoms with E-state index in [-0.39, 0.29) is 46.2 Å². The predicted molar refractivity (Wildman–Crippen MR) is 245 cm³/mol. The van der Waals surface area contributed by atoms with Crippen molar-refractivity contribution in [1.29, 1.82) is 0 Å². The average molecular weight is 895 g/mol. The van der Waals surface area contributed by atoms with E-state index in [0.717, 1.165) is 43.9 Å². The average Bonchev–Trinajstić information content (AvgIpc) is 3.24. The molecule has 1 atom stereocenters. The van der Waals surface area contributed by atoms with Gasteiger partial charge in [0.2, 0.25) is 6.61 Å². The highest BCUT2D eigenvalue weighted by Gasteiger charge is 2.23. The van der Waals surface area contributed by atoms with Crippen molar-refractivity contribution >= 4 is 63.7 Å². The van der Waals surface area contributed by atoms with Gasteiger partial charge in [0, 0.05) is 53.5 Å². The Kier molecular flexibility index (Phi) is 16.3. The lowest BCUT2D eigenvalue weighted by Gasteiger charge is -2.18. The van der Waals surface area contributed by atoms with Gasteiger partial charge in [0.15, 0.2) is 10.5 Å². The fourth-order valence-electron chi connectivity index (χ4n) is 7.29. The molecule has 3 aliphatic rings. The van der Waals surface area contributed by atoms with Crippen LogP contribution in [0.2, 0.25) is 0 Å². The van der Waals surface area contributed by atoms with Crippen LogP contribution in [0.4, 0.5) is 5.69 Å². The number of cyclic esters (lactones) is 1. The third-order valence-corrected chi connectivity index (χ3v) is 10.6. The van der Waals surface area contributed by atoms with Gasteiger partial charge in [0.05, 0.1) is 17.4 Å². The molecule has 2 heterocycles. The van der Waals surface area contributed by atoms with Gasteiger partial charge in [-0.1, -0.05) is 36.2 Å². The maximum absolute atomic E-state index is 12.8. The SMILES string of the molecule is CC1CCC/C(=N\OCC(=O)ONCCCCCCNC(=S)Nc2ccc(-c3c4ccc(=O)cc-4oc4cc(O)ccc34)c(C(=O)O)c2)CCC/C=C/c2cc(O)cc(O)c2C(=O)O1. The number of esters is 1. The number of thiocarbonyl (C=S) groups is 1. The Morgan fingerprint density at radius 3 is 2.47 bits per heavy atom. The summed E-state index contributed by atoms with van der Waals surface area (Å²) in [6.07, 6.45) is 10.1. The minimum absolute atomic E-state index is 0.000345. The van der Waals surface area contributed by atoms with Crippen LogP contribution in [-0.4, -0.2) is 75.0 Å². The Morgan fingerprint density at radius 1 is 0.875 bits per heavy atom. The summed E-state index contributed by atoms with van der Waals surface area (Å²) in [5.74, 6) is -2.74. The van der Waals surface area contributed by atoms with Gasteiger partial charge in [-0.15, -0.1) is 0 Å². The van der Waals surface area contributed by atoms with Gasteiger partial charge in [-0.2, -0.15) is 5.48 Å². The van der Waals surface area contributed by atoms with E-state index in [9.17, 15) is 39.6 Å². The maximum Gasteiger partial charge on any atom is 0.365 e. The first kappa shape index (κ1) is 46.5. The molecular weight excluding hydrogens is 845 g/mol. The van der Waals surface area contributed by atoms with Crippen LogP contribution in [0.1, 0.15) is 97.4 Å². The van der Waals surface area contributed by atoms with E-state index in [0.29, 0.717) is 89.2 Å². The van der Waals surface area contributed by atoms with E-state index in [4.69, 9.17) is 31.0 Å². The highest BCUT2D eigenvalue weighted by atomic mass is 32.1. The van der Waals surface area contributed by atoms with Crippen LogP contribution in [0.3, 0.4) is 0 Å². The highest BCUT2D eigenvalue weighted by molar-refractivity contribution is 7.80. The number of carbonyl (C=O) groups excluding carboxylic acids is 2. The first-order valence-corrected chi connectivity index (χ1v) is 21.4. The van der Waals surface area contributed by atoms with Gasteiger partial charge in [0.1, 0.15) is 34.2 Å². The topological polar surface area (TPSA) is 238 Å². The summed E-state index contributed by atoms with van der Waals surface area (Å²) >= 11 is 5.47. The first-order chi connectivity index (χ1) is 30.9. The number of benzene rings is 4. The Balaban J connectivity index is 0.885. The predicted octanol–water partition coefficient (Wildman–Crippen LogP) is 8.26. The van der Waals surface area contributed by atoms with Gasteiger partial charge in [-0.05, 0) is 124 Å². The number of carboxylic acid groups (broad SMARTS) is 1. The summed E-state index contributed by atoms with van der Waals surface area (Å²) in [7, 11) is 0. The number of nitrogens with one attached hydrogen (secondary N) is 3. The van der Waals surface area contributed by atoms with Crippen LogP contribution < -0.4 is 21.5 Å². The van der Waals surface area contributed by atoms with Gasteiger partial charge in [0.25, 0.3) is 0 Å². The van der Waals surface area contributed by atoms with Gasteiger partial charge in [-0.25, -0.2) is 14.4 Å². The lowest BCUT2D eigenvalue weighted by atomic mass is 9.90. The van der Waals surface area contributed by atoms with Crippen molar-refractivity contribution in [3.63, 3.8) is 0 Å². The number of phenolic OH excluding ortho intramolecular Hbond substituents is 3. The Bertz CT molecular complexity index is 2590. The summed E-state index contributed by atoms with van der Waals surface area (Å²) < 4.78 is 11.5. The Morgan fingerprint density at radius 2 is 1.66 bits per heavy atom. The number of fused-ring (bicyclic) bond motifs is 3. The number of anilines is 1. The summed E-state index contributed by atoms with van der Waals surface area (Å²) in [6, 6.07) is 16.2. The van der Waals surface area contributed by atoms with Gasteiger partial charge < -0.3 is 49.9 Å². The largest absolute Gasteiger partial charge is 0.508 e. The number of aromatic hydroxyl groups is 3. The summed E-state index contributed by atoms with van der Waals surface area (Å²) in [4.78, 5) is 60.1. The number of rotatable bonds is 14. The molecule has 3 aromatic carbocycles. The molecule has 0 saturated carbocycles. The molecule has 0 radical (unpaired) electrons. The third kappa shape index (κ3) is 12.8. The van der Waals surface area contributed by atoms with Crippen molar-refractivity contribution in [1.82, 2.24) is 10.8 Å². The van der Waals surface area contributed by atoms with E-state index < -0.39 is 24.0 Å². The quantitative estimate of drug-likeness (QED) is 0.0183. The number of carboxylic acids is 1. The molecule has 0 saturated heterocycles. The zero-order valence-corrected chi connectivity index (χ0v) is 36.0. The van der Waals surface area contributed by atoms with Crippen LogP contribution in [-0.2, 0) is 19.2 Å². The lowest BCUT2D eigenvalue weighted by Crippen LogP contribution is -2.29. The minimum atomic E-state index is -1.17. The zero-order valence-electron chi connectivity index (χ0n) is 35.2. The summed E-state index contributed by atoms with van der Waals surface area (Å²) in [6.45, 7) is 2.41. The number of unbranched alkanes of at least 4 members (excludes halogenated alkanes) is 3. The van der Waals surface area contributed by atoms with E-state index in [1.165, 1.54) is 36.4 Å². The lowest BCUT2D eigenvalue weighted by molar-refractivity contribution is -0.156. The van der Waals surface area contributed by atoms with Crippen LogP contribution >= 0.6 is 12.2 Å². The van der Waals surface area contributed by atoms with E-state index in [1.807, 2.05) is 6.08 Å². The molecule has 0 spiro atoms. The fraction of sp³-hybridized carbons (Fsp3) is 0.319. The minimum Gasteiger partial charge on any atom is -0.508 e. The number of carbonyl (C=O) groups is 3. The Hall–Kier alpha value is -6.98. The van der Waals surface area contributed by atoms with Crippen molar-refractivity contribution < 1.29 is 53.6 Å². The highest BCUT2D eigenvalue weighted by Crippen LogP contribution is 2.42.